The number of thioether (sulfide) groups is 1. The second kappa shape index (κ2) is 4.80. The Morgan fingerprint density at radius 1 is 1.56 bits per heavy atom. The first-order chi connectivity index (χ1) is 7.75. The molecule has 0 amide bonds. The first-order valence-corrected chi connectivity index (χ1v) is 5.44. The monoisotopic (exact) mass is 236 g/mol. The molecule has 0 unspecified atom stereocenters. The zero-order valence-electron chi connectivity index (χ0n) is 8.16. The van der Waals surface area contributed by atoms with E-state index in [2.05, 4.69) is 9.97 Å². The third kappa shape index (κ3) is 2.60. The van der Waals surface area contributed by atoms with E-state index in [9.17, 15) is 4.79 Å². The highest BCUT2D eigenvalue weighted by molar-refractivity contribution is 7.98. The van der Waals surface area contributed by atoms with Crippen LogP contribution in [0.25, 0.3) is 0 Å². The Bertz CT molecular complexity index is 484. The summed E-state index contributed by atoms with van der Waals surface area (Å²) >= 11 is 1.46. The summed E-state index contributed by atoms with van der Waals surface area (Å²) in [6.07, 6.45) is 4.35. The molecule has 6 heteroatoms. The van der Waals surface area contributed by atoms with Crippen LogP contribution in [0.15, 0.2) is 40.4 Å². The molecule has 0 aromatic carbocycles. The summed E-state index contributed by atoms with van der Waals surface area (Å²) in [7, 11) is 0. The quantitative estimate of drug-likeness (QED) is 0.646. The van der Waals surface area contributed by atoms with Crippen molar-refractivity contribution in [2.75, 3.05) is 0 Å². The molecule has 1 N–H and O–H groups in total. The molecule has 0 fully saturated rings. The molecule has 0 aliphatic heterocycles. The third-order valence-electron chi connectivity index (χ3n) is 1.82. The van der Waals surface area contributed by atoms with Crippen LogP contribution in [0.4, 0.5) is 0 Å². The van der Waals surface area contributed by atoms with Gasteiger partial charge in [0, 0.05) is 6.20 Å². The van der Waals surface area contributed by atoms with Gasteiger partial charge in [-0.2, -0.15) is 0 Å². The topological polar surface area (TPSA) is 76.2 Å². The standard InChI is InChI=1S/C10H8N2O3S/c13-10(14)7-3-8(15-4-7)5-16-9-1-2-11-6-12-9/h1-4,6H,5H2,(H,13,14). The molecule has 0 atom stereocenters. The van der Waals surface area contributed by atoms with Crippen molar-refractivity contribution in [2.45, 2.75) is 10.8 Å². The van der Waals surface area contributed by atoms with Gasteiger partial charge in [0.2, 0.25) is 0 Å². The number of hydrogen-bond donors (Lipinski definition) is 1. The number of hydrogen-bond acceptors (Lipinski definition) is 5. The highest BCUT2D eigenvalue weighted by Crippen LogP contribution is 2.21. The summed E-state index contributed by atoms with van der Waals surface area (Å²) in [6, 6.07) is 3.29. The van der Waals surface area contributed by atoms with Crippen molar-refractivity contribution in [3.63, 3.8) is 0 Å². The first kappa shape index (κ1) is 10.7. The fourth-order valence-electron chi connectivity index (χ4n) is 1.08. The summed E-state index contributed by atoms with van der Waals surface area (Å²) in [6.45, 7) is 0. The summed E-state index contributed by atoms with van der Waals surface area (Å²) in [5.41, 5.74) is 0.165. The van der Waals surface area contributed by atoms with Crippen LogP contribution in [0, 0.1) is 0 Å². The molecular formula is C10H8N2O3S. The number of carbonyl (C=O) groups is 1. The van der Waals surface area contributed by atoms with Gasteiger partial charge in [-0.25, -0.2) is 14.8 Å². The van der Waals surface area contributed by atoms with E-state index in [1.54, 1.807) is 12.3 Å². The molecule has 2 aromatic rings. The van der Waals surface area contributed by atoms with Gasteiger partial charge in [0.05, 0.1) is 16.3 Å². The molecule has 82 valence electrons. The van der Waals surface area contributed by atoms with E-state index in [4.69, 9.17) is 9.52 Å². The molecule has 2 aromatic heterocycles. The molecule has 0 aliphatic carbocycles. The minimum atomic E-state index is -0.984. The van der Waals surface area contributed by atoms with E-state index < -0.39 is 5.97 Å². The molecule has 0 saturated carbocycles. The molecule has 0 radical (unpaired) electrons. The number of furan rings is 1. The molecule has 2 heterocycles. The Balaban J connectivity index is 1.97. The van der Waals surface area contributed by atoms with Gasteiger partial charge in [-0.3, -0.25) is 0 Å². The molecule has 0 saturated heterocycles. The van der Waals surface area contributed by atoms with Crippen molar-refractivity contribution in [2.24, 2.45) is 0 Å². The highest BCUT2D eigenvalue weighted by atomic mass is 32.2. The zero-order valence-corrected chi connectivity index (χ0v) is 8.98. The SMILES string of the molecule is O=C(O)c1coc(CSc2ccncn2)c1. The van der Waals surface area contributed by atoms with Crippen LogP contribution in [-0.4, -0.2) is 21.0 Å². The molecule has 0 bridgehead atoms. The molecule has 16 heavy (non-hydrogen) atoms. The van der Waals surface area contributed by atoms with Gasteiger partial charge in [-0.1, -0.05) is 11.8 Å². The van der Waals surface area contributed by atoms with Crippen molar-refractivity contribution in [1.29, 1.82) is 0 Å². The van der Waals surface area contributed by atoms with E-state index in [-0.39, 0.29) is 5.56 Å². The van der Waals surface area contributed by atoms with Gasteiger partial charge >= 0.3 is 5.97 Å². The van der Waals surface area contributed by atoms with Crippen molar-refractivity contribution >= 4 is 17.7 Å². The maximum atomic E-state index is 10.6. The Hall–Kier alpha value is -1.82. The van der Waals surface area contributed by atoms with E-state index in [1.165, 1.54) is 30.4 Å². The summed E-state index contributed by atoms with van der Waals surface area (Å²) in [4.78, 5) is 18.4. The van der Waals surface area contributed by atoms with E-state index in [1.807, 2.05) is 0 Å². The van der Waals surface area contributed by atoms with Gasteiger partial charge < -0.3 is 9.52 Å². The van der Waals surface area contributed by atoms with Gasteiger partial charge in [0.1, 0.15) is 18.4 Å². The molecule has 0 aliphatic rings. The highest BCUT2D eigenvalue weighted by Gasteiger charge is 2.08. The van der Waals surface area contributed by atoms with E-state index >= 15 is 0 Å². The van der Waals surface area contributed by atoms with Crippen molar-refractivity contribution in [3.8, 4) is 0 Å². The van der Waals surface area contributed by atoms with Crippen LogP contribution in [-0.2, 0) is 5.75 Å². The van der Waals surface area contributed by atoms with Crippen LogP contribution < -0.4 is 0 Å². The smallest absolute Gasteiger partial charge is 0.338 e. The number of carboxylic acid groups (broad SMARTS) is 1. The Morgan fingerprint density at radius 3 is 3.06 bits per heavy atom. The number of aromatic carboxylic acids is 1. The van der Waals surface area contributed by atoms with Crippen molar-refractivity contribution < 1.29 is 14.3 Å². The minimum Gasteiger partial charge on any atom is -0.478 e. The lowest BCUT2D eigenvalue weighted by molar-refractivity contribution is 0.0696. The van der Waals surface area contributed by atoms with Gasteiger partial charge in [0.25, 0.3) is 0 Å². The Morgan fingerprint density at radius 2 is 2.44 bits per heavy atom. The largest absolute Gasteiger partial charge is 0.478 e. The Labute approximate surface area is 95.5 Å². The predicted octanol–water partition coefficient (Wildman–Crippen LogP) is 2.06. The lowest BCUT2D eigenvalue weighted by atomic mass is 10.3. The minimum absolute atomic E-state index is 0.165. The maximum Gasteiger partial charge on any atom is 0.338 e. The lowest BCUT2D eigenvalue weighted by Crippen LogP contribution is -1.91. The molecule has 2 rings (SSSR count). The summed E-state index contributed by atoms with van der Waals surface area (Å²) in [5.74, 6) is 0.174. The summed E-state index contributed by atoms with van der Waals surface area (Å²) in [5, 5.41) is 9.52. The van der Waals surface area contributed by atoms with E-state index in [0.717, 1.165) is 5.03 Å². The van der Waals surface area contributed by atoms with Crippen LogP contribution >= 0.6 is 11.8 Å². The number of rotatable bonds is 4. The summed E-state index contributed by atoms with van der Waals surface area (Å²) < 4.78 is 5.10. The second-order valence-corrected chi connectivity index (χ2v) is 3.94. The van der Waals surface area contributed by atoms with Crippen LogP contribution in [0.2, 0.25) is 0 Å². The molecule has 0 spiro atoms. The van der Waals surface area contributed by atoms with Crippen molar-refractivity contribution in [3.05, 3.63) is 42.2 Å². The third-order valence-corrected chi connectivity index (χ3v) is 2.78. The normalized spacial score (nSPS) is 10.2. The fraction of sp³-hybridized carbons (Fsp3) is 0.100. The Kier molecular flexibility index (Phi) is 3.21. The molecule has 5 nitrogen and oxygen atoms in total. The van der Waals surface area contributed by atoms with Gasteiger partial charge in [-0.05, 0) is 12.1 Å². The second-order valence-electron chi connectivity index (χ2n) is 2.94. The number of carboxylic acids is 1. The lowest BCUT2D eigenvalue weighted by Gasteiger charge is -1.96. The van der Waals surface area contributed by atoms with Crippen LogP contribution in [0.5, 0.6) is 0 Å². The molecular weight excluding hydrogens is 228 g/mol. The van der Waals surface area contributed by atoms with Crippen LogP contribution in [0.3, 0.4) is 0 Å². The van der Waals surface area contributed by atoms with Crippen LogP contribution in [0.1, 0.15) is 16.1 Å². The fourth-order valence-corrected chi connectivity index (χ4v) is 1.80. The average Bonchev–Trinajstić information content (AvgIpc) is 2.76. The van der Waals surface area contributed by atoms with E-state index in [0.29, 0.717) is 11.5 Å². The predicted molar refractivity (Wildman–Crippen MR) is 57.3 cm³/mol. The van der Waals surface area contributed by atoms with Gasteiger partial charge in [0.15, 0.2) is 0 Å². The zero-order chi connectivity index (χ0) is 11.4. The first-order valence-electron chi connectivity index (χ1n) is 4.45. The van der Waals surface area contributed by atoms with Crippen molar-refractivity contribution in [1.82, 2.24) is 9.97 Å². The maximum absolute atomic E-state index is 10.6. The average molecular weight is 236 g/mol. The number of aromatic nitrogens is 2. The van der Waals surface area contributed by atoms with Gasteiger partial charge in [-0.15, -0.1) is 0 Å². The number of nitrogens with zero attached hydrogens (tertiary/aromatic N) is 2.